The van der Waals surface area contributed by atoms with Crippen LogP contribution in [0.3, 0.4) is 0 Å². The monoisotopic (exact) mass is 218 g/mol. The number of rotatable bonds is 2. The normalized spacial score (nSPS) is 41.0. The first-order chi connectivity index (χ1) is 6.72. The summed E-state index contributed by atoms with van der Waals surface area (Å²) in [4.78, 5) is 10.9. The van der Waals surface area contributed by atoms with Gasteiger partial charge in [-0.05, 0) is 0 Å². The van der Waals surface area contributed by atoms with Gasteiger partial charge in [0, 0.05) is 25.5 Å². The molecule has 0 aromatic carbocycles. The molecule has 2 rings (SSSR count). The molecule has 2 heterocycles. The van der Waals surface area contributed by atoms with Crippen molar-refractivity contribution < 1.29 is 19.0 Å². The predicted octanol–water partition coefficient (Wildman–Crippen LogP) is 0.447. The van der Waals surface area contributed by atoms with Gasteiger partial charge in [-0.3, -0.25) is 4.79 Å². The van der Waals surface area contributed by atoms with Crippen molar-refractivity contribution >= 4 is 17.7 Å². The van der Waals surface area contributed by atoms with Crippen LogP contribution in [0.1, 0.15) is 6.92 Å². The summed E-state index contributed by atoms with van der Waals surface area (Å²) in [6.45, 7) is 1.42. The Kier molecular flexibility index (Phi) is 2.99. The molecule has 14 heavy (non-hydrogen) atoms. The van der Waals surface area contributed by atoms with Gasteiger partial charge in [0.15, 0.2) is 6.10 Å². The number of carbonyl (C=O) groups excluding carboxylic acids is 1. The van der Waals surface area contributed by atoms with E-state index in [1.165, 1.54) is 6.92 Å². The number of fused-ring (bicyclic) bond motifs is 2. The van der Waals surface area contributed by atoms with Gasteiger partial charge in [0.25, 0.3) is 0 Å². The van der Waals surface area contributed by atoms with Crippen molar-refractivity contribution in [2.45, 2.75) is 31.3 Å². The van der Waals surface area contributed by atoms with Gasteiger partial charge < -0.3 is 14.2 Å². The second kappa shape index (κ2) is 4.08. The van der Waals surface area contributed by atoms with E-state index in [1.54, 1.807) is 7.11 Å². The van der Waals surface area contributed by atoms with Crippen LogP contribution in [0.2, 0.25) is 0 Å². The topological polar surface area (TPSA) is 44.8 Å². The smallest absolute Gasteiger partial charge is 0.303 e. The molecule has 0 aromatic rings. The molecule has 2 saturated heterocycles. The summed E-state index contributed by atoms with van der Waals surface area (Å²) in [6, 6.07) is 0. The van der Waals surface area contributed by atoms with Crippen molar-refractivity contribution in [1.29, 1.82) is 0 Å². The van der Waals surface area contributed by atoms with E-state index in [9.17, 15) is 4.79 Å². The van der Waals surface area contributed by atoms with Crippen molar-refractivity contribution in [2.24, 2.45) is 0 Å². The van der Waals surface area contributed by atoms with Gasteiger partial charge in [0.05, 0.1) is 6.10 Å². The average Bonchev–Trinajstić information content (AvgIpc) is 2.38. The lowest BCUT2D eigenvalue weighted by molar-refractivity contribution is -0.153. The molecule has 2 aliphatic rings. The van der Waals surface area contributed by atoms with Crippen molar-refractivity contribution in [3.05, 3.63) is 0 Å². The highest BCUT2D eigenvalue weighted by Gasteiger charge is 2.49. The molecular formula is C9H14O4S. The number of ether oxygens (including phenoxy) is 3. The van der Waals surface area contributed by atoms with Crippen LogP contribution in [0.25, 0.3) is 0 Å². The highest BCUT2D eigenvalue weighted by atomic mass is 32.2. The van der Waals surface area contributed by atoms with Crippen LogP contribution in [-0.2, 0) is 19.0 Å². The van der Waals surface area contributed by atoms with Crippen LogP contribution in [0.4, 0.5) is 0 Å². The van der Waals surface area contributed by atoms with Gasteiger partial charge in [0.2, 0.25) is 0 Å². The second-order valence-corrected chi connectivity index (χ2v) is 4.60. The van der Waals surface area contributed by atoms with Gasteiger partial charge >= 0.3 is 5.97 Å². The standard InChI is InChI=1S/C9H14O4S/c1-5(10)12-9-7-4-14-3-6(13-7)8(9)11-2/h6-9H,3-4H2,1-2H3/t6-,7+,8-,9-/m1/s1. The van der Waals surface area contributed by atoms with Gasteiger partial charge in [-0.15, -0.1) is 0 Å². The van der Waals surface area contributed by atoms with Crippen molar-refractivity contribution in [3.63, 3.8) is 0 Å². The lowest BCUT2D eigenvalue weighted by atomic mass is 10.1. The minimum Gasteiger partial charge on any atom is -0.457 e. The molecule has 5 heteroatoms. The van der Waals surface area contributed by atoms with Gasteiger partial charge in [-0.25, -0.2) is 0 Å². The predicted molar refractivity (Wildman–Crippen MR) is 52.3 cm³/mol. The highest BCUT2D eigenvalue weighted by molar-refractivity contribution is 7.99. The number of hydrogen-bond donors (Lipinski definition) is 0. The first-order valence-corrected chi connectivity index (χ1v) is 5.81. The number of carbonyl (C=O) groups is 1. The van der Waals surface area contributed by atoms with E-state index in [1.807, 2.05) is 11.8 Å². The molecule has 0 aromatic heterocycles. The first kappa shape index (κ1) is 10.3. The Labute approximate surface area is 87.3 Å². The first-order valence-electron chi connectivity index (χ1n) is 4.65. The fourth-order valence-electron chi connectivity index (χ4n) is 1.99. The van der Waals surface area contributed by atoms with Gasteiger partial charge in [-0.2, -0.15) is 11.8 Å². The lowest BCUT2D eigenvalue weighted by Gasteiger charge is -2.20. The van der Waals surface area contributed by atoms with E-state index >= 15 is 0 Å². The number of esters is 1. The zero-order valence-electron chi connectivity index (χ0n) is 8.26. The maximum absolute atomic E-state index is 10.9. The Hall–Kier alpha value is -0.260. The minimum absolute atomic E-state index is 0.00704. The molecule has 2 bridgehead atoms. The van der Waals surface area contributed by atoms with E-state index in [0.29, 0.717) is 0 Å². The molecule has 0 aliphatic carbocycles. The van der Waals surface area contributed by atoms with Gasteiger partial charge in [0.1, 0.15) is 12.2 Å². The van der Waals surface area contributed by atoms with E-state index in [0.717, 1.165) is 11.5 Å². The number of methoxy groups -OCH3 is 1. The molecule has 2 fully saturated rings. The molecule has 80 valence electrons. The molecule has 0 unspecified atom stereocenters. The lowest BCUT2D eigenvalue weighted by Crippen LogP contribution is -2.37. The van der Waals surface area contributed by atoms with Crippen LogP contribution in [0, 0.1) is 0 Å². The third-order valence-electron chi connectivity index (χ3n) is 2.54. The number of thioether (sulfide) groups is 1. The summed E-state index contributed by atoms with van der Waals surface area (Å²) in [7, 11) is 1.63. The minimum atomic E-state index is -0.266. The zero-order valence-corrected chi connectivity index (χ0v) is 9.08. The Bertz CT molecular complexity index is 233. The molecular weight excluding hydrogens is 204 g/mol. The summed E-state index contributed by atoms with van der Waals surface area (Å²) in [6.07, 6.45) is -0.239. The van der Waals surface area contributed by atoms with Crippen molar-refractivity contribution in [3.8, 4) is 0 Å². The fourth-order valence-corrected chi connectivity index (χ4v) is 3.13. The Morgan fingerprint density at radius 2 is 2.00 bits per heavy atom. The molecule has 0 radical (unpaired) electrons. The summed E-state index contributed by atoms with van der Waals surface area (Å²) in [5.41, 5.74) is 0. The van der Waals surface area contributed by atoms with E-state index in [-0.39, 0.29) is 30.4 Å². The van der Waals surface area contributed by atoms with Crippen molar-refractivity contribution in [2.75, 3.05) is 18.6 Å². The van der Waals surface area contributed by atoms with E-state index in [4.69, 9.17) is 14.2 Å². The van der Waals surface area contributed by atoms with Crippen LogP contribution < -0.4 is 0 Å². The van der Waals surface area contributed by atoms with Crippen molar-refractivity contribution in [1.82, 2.24) is 0 Å². The molecule has 0 N–H and O–H groups in total. The summed E-state index contributed by atoms with van der Waals surface area (Å²) in [5.74, 6) is 1.54. The van der Waals surface area contributed by atoms with Crippen LogP contribution in [0.5, 0.6) is 0 Å². The molecule has 2 aliphatic heterocycles. The Morgan fingerprint density at radius 3 is 2.57 bits per heavy atom. The molecule has 0 amide bonds. The molecule has 0 saturated carbocycles. The molecule has 4 atom stereocenters. The van der Waals surface area contributed by atoms with E-state index in [2.05, 4.69) is 0 Å². The van der Waals surface area contributed by atoms with E-state index < -0.39 is 0 Å². The average molecular weight is 218 g/mol. The fraction of sp³-hybridized carbons (Fsp3) is 0.889. The summed E-state index contributed by atoms with van der Waals surface area (Å²) < 4.78 is 16.2. The quantitative estimate of drug-likeness (QED) is 0.630. The zero-order chi connectivity index (χ0) is 10.1. The third kappa shape index (κ3) is 1.76. The largest absolute Gasteiger partial charge is 0.457 e. The summed E-state index contributed by atoms with van der Waals surface area (Å²) >= 11 is 1.83. The maximum Gasteiger partial charge on any atom is 0.303 e. The van der Waals surface area contributed by atoms with Crippen LogP contribution in [-0.4, -0.2) is 49.0 Å². The SMILES string of the molecule is CO[C@H]1[C@H](OC(C)=O)[C@@H]2CSC[C@H]1O2. The summed E-state index contributed by atoms with van der Waals surface area (Å²) in [5, 5.41) is 0. The number of hydrogen-bond acceptors (Lipinski definition) is 5. The second-order valence-electron chi connectivity index (χ2n) is 3.52. The van der Waals surface area contributed by atoms with Gasteiger partial charge in [-0.1, -0.05) is 0 Å². The van der Waals surface area contributed by atoms with Crippen LogP contribution >= 0.6 is 11.8 Å². The maximum atomic E-state index is 10.9. The highest BCUT2D eigenvalue weighted by Crippen LogP contribution is 2.34. The Morgan fingerprint density at radius 1 is 1.36 bits per heavy atom. The third-order valence-corrected chi connectivity index (χ3v) is 3.67. The van der Waals surface area contributed by atoms with Crippen LogP contribution in [0.15, 0.2) is 0 Å². The molecule has 4 nitrogen and oxygen atoms in total. The Balaban J connectivity index is 2.08. The molecule has 0 spiro atoms.